The number of aliphatic hydroxyl groups excluding tert-OH is 3. The molecule has 1 rings (SSSR count). The van der Waals surface area contributed by atoms with Gasteiger partial charge in [0.05, 0.1) is 6.61 Å². The highest BCUT2D eigenvalue weighted by atomic mass is 16.7. The maximum Gasteiger partial charge on any atom is 0.184 e. The summed E-state index contributed by atoms with van der Waals surface area (Å²) in [6.07, 6.45) is -2.33. The Kier molecular flexibility index (Phi) is 6.32. The molecule has 0 aromatic carbocycles. The molecule has 0 bridgehead atoms. The molecule has 6 heteroatoms. The van der Waals surface area contributed by atoms with E-state index in [4.69, 9.17) is 19.3 Å². The fourth-order valence-corrected chi connectivity index (χ4v) is 1.88. The third kappa shape index (κ3) is 3.61. The summed E-state index contributed by atoms with van der Waals surface area (Å²) in [6, 6.07) is 0. The summed E-state index contributed by atoms with van der Waals surface area (Å²) in [5.74, 6) is 0. The van der Waals surface area contributed by atoms with Crippen LogP contribution >= 0.6 is 0 Å². The summed E-state index contributed by atoms with van der Waals surface area (Å²) >= 11 is 0. The fraction of sp³-hybridized carbons (Fsp3) is 1.00. The molecule has 1 aliphatic rings. The second-order valence-corrected chi connectivity index (χ2v) is 4.13. The zero-order chi connectivity index (χ0) is 12.8. The molecular formula is C11H22O6. The lowest BCUT2D eigenvalue weighted by molar-refractivity contribution is -0.154. The van der Waals surface area contributed by atoms with Gasteiger partial charge < -0.3 is 29.5 Å². The maximum absolute atomic E-state index is 9.61. The lowest BCUT2D eigenvalue weighted by Gasteiger charge is -2.24. The van der Waals surface area contributed by atoms with E-state index in [-0.39, 0.29) is 0 Å². The Morgan fingerprint density at radius 1 is 1.35 bits per heavy atom. The molecule has 0 aromatic heterocycles. The molecule has 17 heavy (non-hydrogen) atoms. The Balaban J connectivity index is 2.61. The van der Waals surface area contributed by atoms with Crippen molar-refractivity contribution in [1.82, 2.24) is 0 Å². The molecule has 0 aromatic rings. The van der Waals surface area contributed by atoms with Crippen LogP contribution in [0.2, 0.25) is 0 Å². The van der Waals surface area contributed by atoms with Crippen LogP contribution in [0.15, 0.2) is 0 Å². The minimum atomic E-state index is -1.14. The highest BCUT2D eigenvalue weighted by Crippen LogP contribution is 2.27. The Morgan fingerprint density at radius 2 is 2.06 bits per heavy atom. The molecule has 0 radical (unpaired) electrons. The van der Waals surface area contributed by atoms with Crippen molar-refractivity contribution in [2.24, 2.45) is 0 Å². The first-order valence-electron chi connectivity index (χ1n) is 5.92. The molecule has 5 atom stereocenters. The van der Waals surface area contributed by atoms with Crippen molar-refractivity contribution in [3.8, 4) is 0 Å². The van der Waals surface area contributed by atoms with E-state index in [2.05, 4.69) is 0 Å². The van der Waals surface area contributed by atoms with Crippen molar-refractivity contribution < 1.29 is 29.5 Å². The van der Waals surface area contributed by atoms with E-state index in [9.17, 15) is 10.2 Å². The molecule has 1 saturated heterocycles. The maximum atomic E-state index is 9.61. The molecular weight excluding hydrogens is 228 g/mol. The molecule has 102 valence electrons. The molecule has 4 unspecified atom stereocenters. The minimum absolute atomic E-state index is 0.443. The third-order valence-corrected chi connectivity index (χ3v) is 2.87. The molecule has 0 saturated carbocycles. The van der Waals surface area contributed by atoms with Gasteiger partial charge in [0, 0.05) is 13.7 Å². The zero-order valence-corrected chi connectivity index (χ0v) is 10.3. The van der Waals surface area contributed by atoms with Gasteiger partial charge in [-0.1, -0.05) is 13.3 Å². The molecule has 1 heterocycles. The largest absolute Gasteiger partial charge is 0.394 e. The van der Waals surface area contributed by atoms with Crippen molar-refractivity contribution in [2.75, 3.05) is 20.3 Å². The molecule has 1 fully saturated rings. The lowest BCUT2D eigenvalue weighted by atomic mass is 10.1. The van der Waals surface area contributed by atoms with E-state index in [0.29, 0.717) is 6.61 Å². The van der Waals surface area contributed by atoms with Crippen LogP contribution in [0.5, 0.6) is 0 Å². The van der Waals surface area contributed by atoms with E-state index in [1.165, 1.54) is 7.11 Å². The molecule has 0 amide bonds. The average molecular weight is 250 g/mol. The van der Waals surface area contributed by atoms with Crippen LogP contribution in [0.25, 0.3) is 0 Å². The topological polar surface area (TPSA) is 88.4 Å². The summed E-state index contributed by atoms with van der Waals surface area (Å²) in [5, 5.41) is 28.1. The fourth-order valence-electron chi connectivity index (χ4n) is 1.88. The van der Waals surface area contributed by atoms with Crippen molar-refractivity contribution in [1.29, 1.82) is 0 Å². The molecule has 1 aliphatic heterocycles. The van der Waals surface area contributed by atoms with Gasteiger partial charge in [-0.15, -0.1) is 0 Å². The van der Waals surface area contributed by atoms with Gasteiger partial charge in [-0.05, 0) is 6.42 Å². The number of hydrogen-bond acceptors (Lipinski definition) is 6. The van der Waals surface area contributed by atoms with E-state index < -0.39 is 37.3 Å². The van der Waals surface area contributed by atoms with Gasteiger partial charge in [-0.25, -0.2) is 0 Å². The second kappa shape index (κ2) is 7.25. The van der Waals surface area contributed by atoms with Crippen LogP contribution in [-0.4, -0.2) is 66.3 Å². The first-order valence-corrected chi connectivity index (χ1v) is 5.92. The first-order chi connectivity index (χ1) is 8.15. The Morgan fingerprint density at radius 3 is 2.59 bits per heavy atom. The lowest BCUT2D eigenvalue weighted by Crippen LogP contribution is -2.43. The van der Waals surface area contributed by atoms with Crippen molar-refractivity contribution in [3.63, 3.8) is 0 Å². The number of methoxy groups -OCH3 is 1. The molecule has 3 N–H and O–H groups in total. The van der Waals surface area contributed by atoms with E-state index >= 15 is 0 Å². The van der Waals surface area contributed by atoms with Crippen molar-refractivity contribution in [3.05, 3.63) is 0 Å². The van der Waals surface area contributed by atoms with Gasteiger partial charge in [0.1, 0.15) is 24.4 Å². The number of hydrogen-bond donors (Lipinski definition) is 3. The first kappa shape index (κ1) is 14.8. The summed E-state index contributed by atoms with van der Waals surface area (Å²) in [6.45, 7) is 2.10. The molecule has 0 spiro atoms. The van der Waals surface area contributed by atoms with Gasteiger partial charge in [0.2, 0.25) is 0 Å². The number of aliphatic hydroxyl groups is 3. The minimum Gasteiger partial charge on any atom is -0.394 e. The Labute approximate surface area is 101 Å². The van der Waals surface area contributed by atoms with E-state index in [1.54, 1.807) is 0 Å². The quantitative estimate of drug-likeness (QED) is 0.516. The normalized spacial score (nSPS) is 35.1. The van der Waals surface area contributed by atoms with Crippen LogP contribution in [0.4, 0.5) is 0 Å². The van der Waals surface area contributed by atoms with Crippen LogP contribution in [0.1, 0.15) is 19.8 Å². The summed E-state index contributed by atoms with van der Waals surface area (Å²) in [4.78, 5) is 0. The van der Waals surface area contributed by atoms with Crippen LogP contribution in [0, 0.1) is 0 Å². The third-order valence-electron chi connectivity index (χ3n) is 2.87. The number of unbranched alkanes of at least 4 members (excludes halogenated alkanes) is 1. The monoisotopic (exact) mass is 250 g/mol. The number of ether oxygens (including phenoxy) is 3. The van der Waals surface area contributed by atoms with E-state index in [0.717, 1.165) is 12.8 Å². The van der Waals surface area contributed by atoms with Gasteiger partial charge in [0.25, 0.3) is 0 Å². The standard InChI is InChI=1S/C11H22O6/c1-3-4-5-16-9-8(7(13)6-12)17-11(14)10(9)15-2/h7-14H,3-6H2,1-2H3/t7-,8?,9?,10?,11?/m1/s1. The molecule has 0 aliphatic carbocycles. The van der Waals surface area contributed by atoms with E-state index in [1.807, 2.05) is 6.92 Å². The zero-order valence-electron chi connectivity index (χ0n) is 10.3. The second-order valence-electron chi connectivity index (χ2n) is 4.13. The van der Waals surface area contributed by atoms with Crippen molar-refractivity contribution in [2.45, 2.75) is 50.5 Å². The van der Waals surface area contributed by atoms with Gasteiger partial charge in [-0.2, -0.15) is 0 Å². The van der Waals surface area contributed by atoms with Crippen LogP contribution in [-0.2, 0) is 14.2 Å². The highest BCUT2D eigenvalue weighted by molar-refractivity contribution is 4.92. The Bertz CT molecular complexity index is 212. The predicted molar refractivity (Wildman–Crippen MR) is 59.4 cm³/mol. The molecule has 6 nitrogen and oxygen atoms in total. The van der Waals surface area contributed by atoms with Gasteiger partial charge in [0.15, 0.2) is 6.29 Å². The summed E-state index contributed by atoms with van der Waals surface area (Å²) in [7, 11) is 1.45. The summed E-state index contributed by atoms with van der Waals surface area (Å²) in [5.41, 5.74) is 0. The van der Waals surface area contributed by atoms with Crippen LogP contribution in [0.3, 0.4) is 0 Å². The smallest absolute Gasteiger partial charge is 0.184 e. The Hall–Kier alpha value is -0.240. The highest BCUT2D eigenvalue weighted by Gasteiger charge is 2.47. The number of rotatable bonds is 7. The predicted octanol–water partition coefficient (Wildman–Crippen LogP) is -0.743. The van der Waals surface area contributed by atoms with Gasteiger partial charge >= 0.3 is 0 Å². The van der Waals surface area contributed by atoms with Crippen LogP contribution < -0.4 is 0 Å². The average Bonchev–Trinajstić information content (AvgIpc) is 2.65. The summed E-state index contributed by atoms with van der Waals surface area (Å²) < 4.78 is 15.8. The van der Waals surface area contributed by atoms with Gasteiger partial charge in [-0.3, -0.25) is 0 Å². The van der Waals surface area contributed by atoms with Crippen molar-refractivity contribution >= 4 is 0 Å². The SMILES string of the molecule is CCCCOC1C(OC)C(O)OC1[C@H](O)CO.